The summed E-state index contributed by atoms with van der Waals surface area (Å²) in [4.78, 5) is 3.95. The summed E-state index contributed by atoms with van der Waals surface area (Å²) in [6.45, 7) is 2.27. The molecule has 10 heavy (non-hydrogen) atoms. The number of aryl methyl sites for hydroxylation is 1. The van der Waals surface area contributed by atoms with Gasteiger partial charge in [0.2, 0.25) is 6.79 Å². The van der Waals surface area contributed by atoms with E-state index in [9.17, 15) is 0 Å². The Morgan fingerprint density at radius 3 is 3.10 bits per heavy atom. The molecule has 0 saturated carbocycles. The summed E-state index contributed by atoms with van der Waals surface area (Å²) in [6.07, 6.45) is 3.42. The zero-order valence-electron chi connectivity index (χ0n) is 5.63. The number of fused-ring (bicyclic) bond motifs is 1. The second kappa shape index (κ2) is 1.87. The van der Waals surface area contributed by atoms with Crippen LogP contribution in [0, 0.1) is 6.92 Å². The van der Waals surface area contributed by atoms with Crippen molar-refractivity contribution in [3.8, 4) is 11.5 Å². The number of pyridine rings is 1. The van der Waals surface area contributed by atoms with Crippen LogP contribution in [0.15, 0.2) is 12.4 Å². The second-order valence-electron chi connectivity index (χ2n) is 2.19. The summed E-state index contributed by atoms with van der Waals surface area (Å²) in [7, 11) is 0. The Morgan fingerprint density at radius 1 is 1.40 bits per heavy atom. The minimum Gasteiger partial charge on any atom is -0.453 e. The third-order valence-corrected chi connectivity index (χ3v) is 1.46. The third-order valence-electron chi connectivity index (χ3n) is 1.46. The van der Waals surface area contributed by atoms with Crippen LogP contribution in [0.4, 0.5) is 0 Å². The molecular weight excluding hydrogens is 130 g/mol. The zero-order valence-corrected chi connectivity index (χ0v) is 5.63. The van der Waals surface area contributed by atoms with E-state index in [-0.39, 0.29) is 0 Å². The van der Waals surface area contributed by atoms with Crippen molar-refractivity contribution in [3.63, 3.8) is 0 Å². The topological polar surface area (TPSA) is 31.4 Å². The van der Waals surface area contributed by atoms with E-state index < -0.39 is 0 Å². The zero-order chi connectivity index (χ0) is 6.97. The van der Waals surface area contributed by atoms with E-state index in [2.05, 4.69) is 4.98 Å². The number of hydrogen-bond donors (Lipinski definition) is 0. The van der Waals surface area contributed by atoms with Gasteiger partial charge in [0.15, 0.2) is 11.5 Å². The van der Waals surface area contributed by atoms with Crippen molar-refractivity contribution in [3.05, 3.63) is 18.0 Å². The Bertz CT molecular complexity index is 260. The van der Waals surface area contributed by atoms with Crippen LogP contribution >= 0.6 is 0 Å². The van der Waals surface area contributed by atoms with Gasteiger partial charge in [0.05, 0.1) is 6.20 Å². The molecule has 3 nitrogen and oxygen atoms in total. The molecule has 2 heterocycles. The maximum absolute atomic E-state index is 5.17. The smallest absolute Gasteiger partial charge is 0.231 e. The molecule has 2 rings (SSSR count). The van der Waals surface area contributed by atoms with Crippen molar-refractivity contribution in [1.82, 2.24) is 4.98 Å². The number of nitrogens with zero attached hydrogens (tertiary/aromatic N) is 1. The lowest BCUT2D eigenvalue weighted by Gasteiger charge is -1.96. The molecule has 0 spiro atoms. The number of aromatic nitrogens is 1. The first-order chi connectivity index (χ1) is 4.88. The highest BCUT2D eigenvalue weighted by molar-refractivity contribution is 5.44. The summed E-state index contributed by atoms with van der Waals surface area (Å²) in [5.74, 6) is 1.58. The Balaban J connectivity index is 2.59. The first kappa shape index (κ1) is 5.53. The molecular formula is C7H7NO2. The molecule has 0 N–H and O–H groups in total. The Kier molecular flexibility index (Phi) is 1.03. The molecule has 0 aromatic carbocycles. The largest absolute Gasteiger partial charge is 0.453 e. The Labute approximate surface area is 58.6 Å². The van der Waals surface area contributed by atoms with Gasteiger partial charge in [-0.2, -0.15) is 0 Å². The van der Waals surface area contributed by atoms with Crippen LogP contribution in [0.1, 0.15) is 5.56 Å². The van der Waals surface area contributed by atoms with Crippen LogP contribution < -0.4 is 9.47 Å². The SMILES string of the molecule is Cc1cncc2c1OCO2. The van der Waals surface area contributed by atoms with E-state index in [4.69, 9.17) is 9.47 Å². The first-order valence-electron chi connectivity index (χ1n) is 3.08. The van der Waals surface area contributed by atoms with E-state index in [1.165, 1.54) is 0 Å². The van der Waals surface area contributed by atoms with Gasteiger partial charge in [-0.25, -0.2) is 0 Å². The predicted octanol–water partition coefficient (Wildman–Crippen LogP) is 1.12. The number of rotatable bonds is 0. The summed E-state index contributed by atoms with van der Waals surface area (Å²) in [6, 6.07) is 0. The highest BCUT2D eigenvalue weighted by Gasteiger charge is 2.14. The van der Waals surface area contributed by atoms with E-state index in [1.54, 1.807) is 12.4 Å². The molecule has 0 unspecified atom stereocenters. The molecule has 3 heteroatoms. The van der Waals surface area contributed by atoms with Crippen molar-refractivity contribution in [2.75, 3.05) is 6.79 Å². The summed E-state index contributed by atoms with van der Waals surface area (Å²) in [5.41, 5.74) is 1.02. The van der Waals surface area contributed by atoms with Crippen molar-refractivity contribution >= 4 is 0 Å². The molecule has 0 atom stereocenters. The van der Waals surface area contributed by atoms with Gasteiger partial charge in [0, 0.05) is 11.8 Å². The Hall–Kier alpha value is -1.25. The van der Waals surface area contributed by atoms with Crippen LogP contribution in [0.5, 0.6) is 11.5 Å². The van der Waals surface area contributed by atoms with Crippen molar-refractivity contribution in [1.29, 1.82) is 0 Å². The standard InChI is InChI=1S/C7H7NO2/c1-5-2-8-3-6-7(5)10-4-9-6/h2-3H,4H2,1H3. The van der Waals surface area contributed by atoms with Crippen molar-refractivity contribution in [2.45, 2.75) is 6.92 Å². The molecule has 1 aliphatic heterocycles. The molecule has 52 valence electrons. The van der Waals surface area contributed by atoms with E-state index >= 15 is 0 Å². The Morgan fingerprint density at radius 2 is 2.30 bits per heavy atom. The number of hydrogen-bond acceptors (Lipinski definition) is 3. The second-order valence-corrected chi connectivity index (χ2v) is 2.19. The van der Waals surface area contributed by atoms with Crippen LogP contribution in [0.3, 0.4) is 0 Å². The first-order valence-corrected chi connectivity index (χ1v) is 3.08. The van der Waals surface area contributed by atoms with Gasteiger partial charge in [-0.1, -0.05) is 0 Å². The molecule has 0 saturated heterocycles. The van der Waals surface area contributed by atoms with Gasteiger partial charge >= 0.3 is 0 Å². The van der Waals surface area contributed by atoms with Crippen LogP contribution in [-0.2, 0) is 0 Å². The maximum atomic E-state index is 5.17. The minimum absolute atomic E-state index is 0.321. The van der Waals surface area contributed by atoms with Crippen molar-refractivity contribution < 1.29 is 9.47 Å². The molecule has 0 fully saturated rings. The molecule has 0 aliphatic carbocycles. The minimum atomic E-state index is 0.321. The van der Waals surface area contributed by atoms with Crippen molar-refractivity contribution in [2.24, 2.45) is 0 Å². The van der Waals surface area contributed by atoms with Crippen LogP contribution in [0.25, 0.3) is 0 Å². The average molecular weight is 137 g/mol. The van der Waals surface area contributed by atoms with Gasteiger partial charge in [0.1, 0.15) is 0 Å². The molecule has 0 radical (unpaired) electrons. The monoisotopic (exact) mass is 137 g/mol. The fourth-order valence-corrected chi connectivity index (χ4v) is 0.968. The predicted molar refractivity (Wildman–Crippen MR) is 35.1 cm³/mol. The molecule has 1 aromatic rings. The van der Waals surface area contributed by atoms with Gasteiger partial charge in [-0.15, -0.1) is 0 Å². The molecule has 1 aromatic heterocycles. The summed E-state index contributed by atoms with van der Waals surface area (Å²) in [5, 5.41) is 0. The normalized spacial score (nSPS) is 13.7. The van der Waals surface area contributed by atoms with Crippen LogP contribution in [-0.4, -0.2) is 11.8 Å². The molecule has 0 amide bonds. The van der Waals surface area contributed by atoms with Gasteiger partial charge in [-0.3, -0.25) is 4.98 Å². The molecule has 0 bridgehead atoms. The van der Waals surface area contributed by atoms with Gasteiger partial charge in [0.25, 0.3) is 0 Å². The van der Waals surface area contributed by atoms with E-state index in [0.29, 0.717) is 6.79 Å². The lowest BCUT2D eigenvalue weighted by atomic mass is 10.3. The summed E-state index contributed by atoms with van der Waals surface area (Å²) >= 11 is 0. The highest BCUT2D eigenvalue weighted by Crippen LogP contribution is 2.33. The van der Waals surface area contributed by atoms with E-state index in [1.807, 2.05) is 6.92 Å². The summed E-state index contributed by atoms with van der Waals surface area (Å²) < 4.78 is 10.3. The lowest BCUT2D eigenvalue weighted by molar-refractivity contribution is 0.173. The van der Waals surface area contributed by atoms with Gasteiger partial charge < -0.3 is 9.47 Å². The molecule has 1 aliphatic rings. The highest BCUT2D eigenvalue weighted by atomic mass is 16.7. The third kappa shape index (κ3) is 0.635. The van der Waals surface area contributed by atoms with Crippen LogP contribution in [0.2, 0.25) is 0 Å². The fraction of sp³-hybridized carbons (Fsp3) is 0.286. The quantitative estimate of drug-likeness (QED) is 0.537. The lowest BCUT2D eigenvalue weighted by Crippen LogP contribution is -1.93. The number of ether oxygens (including phenoxy) is 2. The van der Waals surface area contributed by atoms with E-state index in [0.717, 1.165) is 17.1 Å². The maximum Gasteiger partial charge on any atom is 0.231 e. The fourth-order valence-electron chi connectivity index (χ4n) is 0.968. The average Bonchev–Trinajstić information content (AvgIpc) is 2.36. The van der Waals surface area contributed by atoms with Gasteiger partial charge in [-0.05, 0) is 6.92 Å².